The number of hydrogen-bond acceptors (Lipinski definition) is 2. The van der Waals surface area contributed by atoms with E-state index in [1.54, 1.807) is 7.05 Å². The molecule has 0 aromatic heterocycles. The fraction of sp³-hybridized carbons (Fsp3) is 0.900. The summed E-state index contributed by atoms with van der Waals surface area (Å²) in [6, 6.07) is 0.703. The number of rotatable bonds is 1. The molecule has 1 aliphatic heterocycles. The van der Waals surface area contributed by atoms with Crippen molar-refractivity contribution in [3.63, 3.8) is 0 Å². The van der Waals surface area contributed by atoms with E-state index < -0.39 is 0 Å². The predicted octanol–water partition coefficient (Wildman–Crippen LogP) is 1.07. The first-order chi connectivity index (χ1) is 6.31. The third-order valence-corrected chi connectivity index (χ3v) is 3.43. The number of likely N-dealkylation sites (N-methyl/N-ethyl adjacent to an activating group) is 1. The van der Waals surface area contributed by atoms with Crippen molar-refractivity contribution >= 4 is 18.3 Å². The van der Waals surface area contributed by atoms with Gasteiger partial charge in [0.25, 0.3) is 0 Å². The fourth-order valence-corrected chi connectivity index (χ4v) is 2.70. The molecule has 1 heterocycles. The van der Waals surface area contributed by atoms with Crippen molar-refractivity contribution in [2.75, 3.05) is 7.05 Å². The SMILES string of the molecule is CNC(=O)[C@@H]1C[C@@H]2CCCC[C@@H]2N1.Cl. The van der Waals surface area contributed by atoms with Crippen LogP contribution in [0.3, 0.4) is 0 Å². The molecule has 1 saturated carbocycles. The van der Waals surface area contributed by atoms with Crippen molar-refractivity contribution in [1.82, 2.24) is 10.6 Å². The Morgan fingerprint density at radius 2 is 2.07 bits per heavy atom. The minimum absolute atomic E-state index is 0. The molecule has 0 aromatic rings. The number of fused-ring (bicyclic) bond motifs is 1. The van der Waals surface area contributed by atoms with Crippen LogP contribution in [0.5, 0.6) is 0 Å². The van der Waals surface area contributed by atoms with E-state index in [0.717, 1.165) is 12.3 Å². The molecule has 2 aliphatic rings. The van der Waals surface area contributed by atoms with Gasteiger partial charge in [-0.25, -0.2) is 0 Å². The molecule has 0 bridgehead atoms. The Hall–Kier alpha value is -0.280. The maximum absolute atomic E-state index is 11.4. The lowest BCUT2D eigenvalue weighted by Gasteiger charge is -2.24. The zero-order valence-corrected chi connectivity index (χ0v) is 9.40. The molecule has 0 aromatic carbocycles. The van der Waals surface area contributed by atoms with Crippen LogP contribution in [0.2, 0.25) is 0 Å². The Morgan fingerprint density at radius 3 is 2.71 bits per heavy atom. The predicted molar refractivity (Wildman–Crippen MR) is 58.6 cm³/mol. The molecular weight excluding hydrogens is 200 g/mol. The first-order valence-electron chi connectivity index (χ1n) is 5.29. The molecule has 2 fully saturated rings. The van der Waals surface area contributed by atoms with Crippen LogP contribution in [0.4, 0.5) is 0 Å². The number of carbonyl (C=O) groups is 1. The minimum Gasteiger partial charge on any atom is -0.358 e. The summed E-state index contributed by atoms with van der Waals surface area (Å²) in [5, 5.41) is 6.15. The van der Waals surface area contributed by atoms with Gasteiger partial charge in [0.05, 0.1) is 6.04 Å². The van der Waals surface area contributed by atoms with E-state index in [2.05, 4.69) is 10.6 Å². The molecule has 1 amide bonds. The number of nitrogens with one attached hydrogen (secondary N) is 2. The van der Waals surface area contributed by atoms with Crippen molar-refractivity contribution in [2.45, 2.75) is 44.2 Å². The highest BCUT2D eigenvalue weighted by Crippen LogP contribution is 2.33. The molecule has 4 heteroatoms. The zero-order chi connectivity index (χ0) is 9.26. The van der Waals surface area contributed by atoms with Gasteiger partial charge in [0, 0.05) is 13.1 Å². The van der Waals surface area contributed by atoms with Crippen LogP contribution in [0, 0.1) is 5.92 Å². The van der Waals surface area contributed by atoms with E-state index in [9.17, 15) is 4.79 Å². The lowest BCUT2D eigenvalue weighted by atomic mass is 9.85. The van der Waals surface area contributed by atoms with Gasteiger partial charge in [-0.15, -0.1) is 12.4 Å². The second kappa shape index (κ2) is 4.99. The summed E-state index contributed by atoms with van der Waals surface area (Å²) in [5.41, 5.74) is 0. The molecule has 2 rings (SSSR count). The van der Waals surface area contributed by atoms with E-state index >= 15 is 0 Å². The second-order valence-electron chi connectivity index (χ2n) is 4.22. The van der Waals surface area contributed by atoms with Gasteiger partial charge < -0.3 is 10.6 Å². The number of halogens is 1. The lowest BCUT2D eigenvalue weighted by Crippen LogP contribution is -2.41. The smallest absolute Gasteiger partial charge is 0.236 e. The van der Waals surface area contributed by atoms with Crippen LogP contribution in [-0.2, 0) is 4.79 Å². The quantitative estimate of drug-likeness (QED) is 0.692. The summed E-state index contributed by atoms with van der Waals surface area (Å²) in [5.74, 6) is 0.922. The highest BCUT2D eigenvalue weighted by molar-refractivity contribution is 5.85. The van der Waals surface area contributed by atoms with E-state index in [1.165, 1.54) is 25.7 Å². The number of carbonyl (C=O) groups excluding carboxylic acids is 1. The summed E-state index contributed by atoms with van der Waals surface area (Å²) in [6.45, 7) is 0. The van der Waals surface area contributed by atoms with E-state index in [-0.39, 0.29) is 24.4 Å². The highest BCUT2D eigenvalue weighted by atomic mass is 35.5. The van der Waals surface area contributed by atoms with Crippen molar-refractivity contribution in [3.05, 3.63) is 0 Å². The zero-order valence-electron chi connectivity index (χ0n) is 8.58. The van der Waals surface area contributed by atoms with Gasteiger partial charge in [0.1, 0.15) is 0 Å². The van der Waals surface area contributed by atoms with Crippen LogP contribution < -0.4 is 10.6 Å². The average molecular weight is 219 g/mol. The molecule has 1 saturated heterocycles. The molecule has 0 spiro atoms. The van der Waals surface area contributed by atoms with Crippen molar-refractivity contribution in [2.24, 2.45) is 5.92 Å². The maximum Gasteiger partial charge on any atom is 0.236 e. The molecular formula is C10H19ClN2O. The molecule has 3 atom stereocenters. The van der Waals surface area contributed by atoms with Gasteiger partial charge in [-0.05, 0) is 25.2 Å². The lowest BCUT2D eigenvalue weighted by molar-refractivity contribution is -0.122. The summed E-state index contributed by atoms with van der Waals surface area (Å²) < 4.78 is 0. The second-order valence-corrected chi connectivity index (χ2v) is 4.22. The van der Waals surface area contributed by atoms with Gasteiger partial charge in [-0.1, -0.05) is 12.8 Å². The number of amides is 1. The Balaban J connectivity index is 0.000000980. The van der Waals surface area contributed by atoms with Gasteiger partial charge in [-0.2, -0.15) is 0 Å². The summed E-state index contributed by atoms with van der Waals surface area (Å²) in [7, 11) is 1.71. The van der Waals surface area contributed by atoms with Gasteiger partial charge in [0.2, 0.25) is 5.91 Å². The van der Waals surface area contributed by atoms with Crippen molar-refractivity contribution in [3.8, 4) is 0 Å². The molecule has 3 nitrogen and oxygen atoms in total. The van der Waals surface area contributed by atoms with Crippen LogP contribution in [0.25, 0.3) is 0 Å². The average Bonchev–Trinajstić information content (AvgIpc) is 2.59. The highest BCUT2D eigenvalue weighted by Gasteiger charge is 2.37. The Bertz CT molecular complexity index is 196. The first kappa shape index (κ1) is 11.8. The standard InChI is InChI=1S/C10H18N2O.ClH/c1-11-10(13)9-6-7-4-2-3-5-8(7)12-9;/h7-9,12H,2-6H2,1H3,(H,11,13);1H/t7-,8-,9-;/m0./s1. The maximum atomic E-state index is 11.4. The normalized spacial score (nSPS) is 35.6. The monoisotopic (exact) mass is 218 g/mol. The van der Waals surface area contributed by atoms with Gasteiger partial charge in [0.15, 0.2) is 0 Å². The molecule has 0 unspecified atom stereocenters. The Kier molecular flexibility index (Phi) is 4.20. The minimum atomic E-state index is 0. The molecule has 82 valence electrons. The molecule has 2 N–H and O–H groups in total. The van der Waals surface area contributed by atoms with Crippen LogP contribution >= 0.6 is 12.4 Å². The van der Waals surface area contributed by atoms with Gasteiger partial charge >= 0.3 is 0 Å². The number of hydrogen-bond donors (Lipinski definition) is 2. The van der Waals surface area contributed by atoms with Crippen LogP contribution in [0.15, 0.2) is 0 Å². The third kappa shape index (κ3) is 2.20. The summed E-state index contributed by atoms with van der Waals surface area (Å²) in [4.78, 5) is 11.4. The molecule has 14 heavy (non-hydrogen) atoms. The third-order valence-electron chi connectivity index (χ3n) is 3.43. The largest absolute Gasteiger partial charge is 0.358 e. The van der Waals surface area contributed by atoms with Crippen molar-refractivity contribution in [1.29, 1.82) is 0 Å². The summed E-state index contributed by atoms with van der Waals surface area (Å²) in [6.07, 6.45) is 6.30. The van der Waals surface area contributed by atoms with E-state index in [1.807, 2.05) is 0 Å². The van der Waals surface area contributed by atoms with E-state index in [4.69, 9.17) is 0 Å². The van der Waals surface area contributed by atoms with E-state index in [0.29, 0.717) is 6.04 Å². The van der Waals surface area contributed by atoms with Crippen LogP contribution in [-0.4, -0.2) is 25.0 Å². The fourth-order valence-electron chi connectivity index (χ4n) is 2.70. The molecule has 0 radical (unpaired) electrons. The summed E-state index contributed by atoms with van der Waals surface area (Å²) >= 11 is 0. The van der Waals surface area contributed by atoms with Gasteiger partial charge in [-0.3, -0.25) is 4.79 Å². The van der Waals surface area contributed by atoms with Crippen LogP contribution in [0.1, 0.15) is 32.1 Å². The topological polar surface area (TPSA) is 41.1 Å². The van der Waals surface area contributed by atoms with Crippen molar-refractivity contribution < 1.29 is 4.79 Å². The molecule has 1 aliphatic carbocycles. The first-order valence-corrected chi connectivity index (χ1v) is 5.29. The Morgan fingerprint density at radius 1 is 1.36 bits per heavy atom. The Labute approximate surface area is 91.4 Å².